The second-order valence-corrected chi connectivity index (χ2v) is 21.3. The van der Waals surface area contributed by atoms with E-state index in [4.69, 9.17) is 24.3 Å². The van der Waals surface area contributed by atoms with Gasteiger partial charge in [-0.05, 0) is 44.9 Å². The van der Waals surface area contributed by atoms with Gasteiger partial charge in [-0.15, -0.1) is 0 Å². The number of esters is 2. The Labute approximate surface area is 421 Å². The second-order valence-electron chi connectivity index (χ2n) is 19.9. The molecule has 0 saturated carbocycles. The van der Waals surface area contributed by atoms with Crippen molar-refractivity contribution in [3.63, 3.8) is 0 Å². The van der Waals surface area contributed by atoms with Crippen LogP contribution >= 0.6 is 7.82 Å². The van der Waals surface area contributed by atoms with E-state index >= 15 is 0 Å². The van der Waals surface area contributed by atoms with Crippen LogP contribution in [0.2, 0.25) is 0 Å². The van der Waals surface area contributed by atoms with Crippen molar-refractivity contribution >= 4 is 19.8 Å². The minimum atomic E-state index is -4.38. The van der Waals surface area contributed by atoms with Gasteiger partial charge < -0.3 is 20.1 Å². The van der Waals surface area contributed by atoms with E-state index < -0.39 is 26.5 Å². The molecule has 0 amide bonds. The highest BCUT2D eigenvalue weighted by Gasteiger charge is 2.26. The third-order valence-corrected chi connectivity index (χ3v) is 14.1. The summed E-state index contributed by atoms with van der Waals surface area (Å²) in [6.07, 6.45) is 64.0. The highest BCUT2D eigenvalue weighted by atomic mass is 31.2. The van der Waals surface area contributed by atoms with Gasteiger partial charge in [0, 0.05) is 19.4 Å². The lowest BCUT2D eigenvalue weighted by atomic mass is 10.0. The highest BCUT2D eigenvalue weighted by Crippen LogP contribution is 2.43. The number of phosphoric acid groups is 1. The minimum Gasteiger partial charge on any atom is -0.462 e. The summed E-state index contributed by atoms with van der Waals surface area (Å²) in [6, 6.07) is 0. The molecule has 0 heterocycles. The number of carbonyl (C=O) groups is 2. The first-order chi connectivity index (χ1) is 33.3. The quantitative estimate of drug-likeness (QED) is 0.0264. The van der Waals surface area contributed by atoms with Crippen LogP contribution in [-0.2, 0) is 32.7 Å². The van der Waals surface area contributed by atoms with E-state index in [0.29, 0.717) is 6.42 Å². The number of rotatable bonds is 56. The molecule has 2 unspecified atom stereocenters. The summed E-state index contributed by atoms with van der Waals surface area (Å²) < 4.78 is 32.9. The van der Waals surface area contributed by atoms with Crippen LogP contribution in [0.25, 0.3) is 0 Å². The molecule has 0 aromatic rings. The van der Waals surface area contributed by atoms with E-state index in [1.165, 1.54) is 231 Å². The number of phosphoric ester groups is 1. The van der Waals surface area contributed by atoms with Crippen molar-refractivity contribution in [1.29, 1.82) is 0 Å². The predicted molar refractivity (Wildman–Crippen MR) is 289 cm³/mol. The number of allylic oxidation sites excluding steroid dienone is 4. The summed E-state index contributed by atoms with van der Waals surface area (Å²) in [6.45, 7) is 3.77. The first kappa shape index (κ1) is 66.5. The Morgan fingerprint density at radius 2 is 0.765 bits per heavy atom. The maximum Gasteiger partial charge on any atom is 0.472 e. The van der Waals surface area contributed by atoms with Gasteiger partial charge in [-0.2, -0.15) is 0 Å². The standard InChI is InChI=1S/C58H112NO8P/c1-3-5-7-9-11-13-15-17-18-19-20-21-22-23-24-25-26-27-28-29-30-31-32-33-34-35-36-37-38-39-41-43-45-47-49-51-58(61)67-56(55-66-68(62,63)65-53-52-59)54-64-57(60)50-48-46-44-42-40-16-14-12-10-8-6-4-2/h15,17,19-20,56H,3-14,16,18,21-55,59H2,1-2H3,(H,62,63)/b17-15-,20-19-. The van der Waals surface area contributed by atoms with Crippen LogP contribution in [0.4, 0.5) is 0 Å². The molecule has 10 heteroatoms. The number of unbranched alkanes of at least 4 members (excludes halogenated alkanes) is 39. The van der Waals surface area contributed by atoms with Crippen LogP contribution in [0.15, 0.2) is 24.3 Å². The van der Waals surface area contributed by atoms with E-state index in [9.17, 15) is 19.0 Å². The van der Waals surface area contributed by atoms with Gasteiger partial charge >= 0.3 is 19.8 Å². The lowest BCUT2D eigenvalue weighted by Gasteiger charge is -2.19. The molecule has 0 aliphatic heterocycles. The van der Waals surface area contributed by atoms with Gasteiger partial charge in [0.25, 0.3) is 0 Å². The zero-order valence-electron chi connectivity index (χ0n) is 44.9. The molecular formula is C58H112NO8P. The van der Waals surface area contributed by atoms with Crippen LogP contribution < -0.4 is 5.73 Å². The van der Waals surface area contributed by atoms with Crippen molar-refractivity contribution < 1.29 is 37.6 Å². The molecular weight excluding hydrogens is 870 g/mol. The SMILES string of the molecule is CCCCCCC/C=C\C/C=C\CCCCCCCCCCCCCCCCCCCCCCCCCC(=O)OC(COC(=O)CCCCCCCCCCCCCC)COP(=O)(O)OCCN. The van der Waals surface area contributed by atoms with E-state index in [1.54, 1.807) is 0 Å². The Morgan fingerprint density at radius 3 is 1.12 bits per heavy atom. The van der Waals surface area contributed by atoms with Crippen molar-refractivity contribution in [3.05, 3.63) is 24.3 Å². The van der Waals surface area contributed by atoms with Gasteiger partial charge in [0.15, 0.2) is 6.10 Å². The number of hydrogen-bond acceptors (Lipinski definition) is 8. The van der Waals surface area contributed by atoms with E-state index in [0.717, 1.165) is 38.5 Å². The molecule has 0 spiro atoms. The van der Waals surface area contributed by atoms with Crippen LogP contribution in [0.3, 0.4) is 0 Å². The Kier molecular flexibility index (Phi) is 53.6. The van der Waals surface area contributed by atoms with E-state index in [2.05, 4.69) is 38.2 Å². The molecule has 0 aliphatic carbocycles. The molecule has 0 aliphatic rings. The number of ether oxygens (including phenoxy) is 2. The smallest absolute Gasteiger partial charge is 0.462 e. The molecule has 0 fully saturated rings. The lowest BCUT2D eigenvalue weighted by Crippen LogP contribution is -2.29. The highest BCUT2D eigenvalue weighted by molar-refractivity contribution is 7.47. The van der Waals surface area contributed by atoms with Crippen molar-refractivity contribution in [1.82, 2.24) is 0 Å². The summed E-state index contributed by atoms with van der Waals surface area (Å²) in [5.41, 5.74) is 5.37. The van der Waals surface area contributed by atoms with Gasteiger partial charge in [-0.25, -0.2) is 4.57 Å². The molecule has 0 bridgehead atoms. The van der Waals surface area contributed by atoms with Gasteiger partial charge in [0.1, 0.15) is 6.61 Å². The van der Waals surface area contributed by atoms with Crippen molar-refractivity contribution in [2.24, 2.45) is 5.73 Å². The largest absolute Gasteiger partial charge is 0.472 e. The molecule has 402 valence electrons. The van der Waals surface area contributed by atoms with E-state index in [-0.39, 0.29) is 38.6 Å². The van der Waals surface area contributed by atoms with Crippen LogP contribution in [0.5, 0.6) is 0 Å². The predicted octanol–water partition coefficient (Wildman–Crippen LogP) is 18.2. The number of carbonyl (C=O) groups excluding carboxylic acids is 2. The zero-order chi connectivity index (χ0) is 49.5. The Hall–Kier alpha value is -1.51. The second kappa shape index (κ2) is 54.8. The first-order valence-corrected chi connectivity index (χ1v) is 30.8. The summed E-state index contributed by atoms with van der Waals surface area (Å²) in [5.74, 6) is -0.811. The summed E-state index contributed by atoms with van der Waals surface area (Å²) in [5, 5.41) is 0. The van der Waals surface area contributed by atoms with Crippen LogP contribution in [0, 0.1) is 0 Å². The fourth-order valence-electron chi connectivity index (χ4n) is 8.73. The van der Waals surface area contributed by atoms with Crippen LogP contribution in [-0.4, -0.2) is 49.3 Å². The molecule has 2 atom stereocenters. The summed E-state index contributed by atoms with van der Waals surface area (Å²) >= 11 is 0. The topological polar surface area (TPSA) is 134 Å². The monoisotopic (exact) mass is 982 g/mol. The fourth-order valence-corrected chi connectivity index (χ4v) is 9.49. The van der Waals surface area contributed by atoms with Crippen molar-refractivity contribution in [2.45, 2.75) is 309 Å². The fraction of sp³-hybridized carbons (Fsp3) is 0.897. The summed E-state index contributed by atoms with van der Waals surface area (Å²) in [4.78, 5) is 35.0. The van der Waals surface area contributed by atoms with Gasteiger partial charge in [-0.3, -0.25) is 18.6 Å². The minimum absolute atomic E-state index is 0.0569. The Bertz CT molecular complexity index is 1170. The van der Waals surface area contributed by atoms with Gasteiger partial charge in [0.05, 0.1) is 13.2 Å². The Balaban J connectivity index is 3.77. The third-order valence-electron chi connectivity index (χ3n) is 13.1. The first-order valence-electron chi connectivity index (χ1n) is 29.3. The molecule has 3 N–H and O–H groups in total. The van der Waals surface area contributed by atoms with Crippen molar-refractivity contribution in [3.8, 4) is 0 Å². The maximum absolute atomic E-state index is 12.7. The number of hydrogen-bond donors (Lipinski definition) is 2. The van der Waals surface area contributed by atoms with Gasteiger partial charge in [-0.1, -0.05) is 269 Å². The molecule has 0 aromatic heterocycles. The molecule has 0 radical (unpaired) electrons. The molecule has 68 heavy (non-hydrogen) atoms. The number of nitrogens with two attached hydrogens (primary N) is 1. The zero-order valence-corrected chi connectivity index (χ0v) is 45.8. The van der Waals surface area contributed by atoms with E-state index in [1.807, 2.05) is 0 Å². The summed E-state index contributed by atoms with van der Waals surface area (Å²) in [7, 11) is -4.38. The maximum atomic E-state index is 12.7. The molecule has 0 rings (SSSR count). The molecule has 0 saturated heterocycles. The van der Waals surface area contributed by atoms with Gasteiger partial charge in [0.2, 0.25) is 0 Å². The van der Waals surface area contributed by atoms with Crippen molar-refractivity contribution in [2.75, 3.05) is 26.4 Å². The molecule has 9 nitrogen and oxygen atoms in total. The molecule has 0 aromatic carbocycles. The van der Waals surface area contributed by atoms with Crippen LogP contribution in [0.1, 0.15) is 303 Å². The normalized spacial score (nSPS) is 13.2. The average molecular weight is 983 g/mol. The third kappa shape index (κ3) is 53.8. The lowest BCUT2D eigenvalue weighted by molar-refractivity contribution is -0.161. The average Bonchev–Trinajstić information content (AvgIpc) is 3.33. The Morgan fingerprint density at radius 1 is 0.441 bits per heavy atom.